The van der Waals surface area contributed by atoms with E-state index in [1.165, 1.54) is 4.88 Å². The maximum Gasteiger partial charge on any atom is 0.223 e. The number of nitrogens with zero attached hydrogens (tertiary/aromatic N) is 1. The summed E-state index contributed by atoms with van der Waals surface area (Å²) in [5, 5.41) is 2.04. The van der Waals surface area contributed by atoms with Crippen LogP contribution in [0.15, 0.2) is 40.5 Å². The van der Waals surface area contributed by atoms with E-state index in [1.54, 1.807) is 23.9 Å². The van der Waals surface area contributed by atoms with Gasteiger partial charge in [-0.2, -0.15) is 0 Å². The zero-order valence-electron chi connectivity index (χ0n) is 11.2. The molecule has 1 amide bonds. The Kier molecular flexibility index (Phi) is 5.21. The topological polar surface area (TPSA) is 33.5 Å². The number of carbonyl (C=O) groups excluding carboxylic acids is 1. The van der Waals surface area contributed by atoms with Crippen molar-refractivity contribution in [2.45, 2.75) is 39.3 Å². The molecule has 0 aliphatic rings. The summed E-state index contributed by atoms with van der Waals surface area (Å²) in [4.78, 5) is 15.4. The van der Waals surface area contributed by atoms with E-state index in [-0.39, 0.29) is 5.91 Å². The standard InChI is InChI=1S/C15H19NO2S/c1-2-3-6-15(17)16(10-13-7-8-18-12-13)11-14-5-4-9-19-14/h4-5,7-9,12H,2-3,6,10-11H2,1H3. The van der Waals surface area contributed by atoms with Crippen LogP contribution in [0.2, 0.25) is 0 Å². The molecule has 2 aromatic rings. The van der Waals surface area contributed by atoms with Crippen LogP contribution < -0.4 is 0 Å². The lowest BCUT2D eigenvalue weighted by Crippen LogP contribution is -2.29. The molecule has 2 rings (SSSR count). The average molecular weight is 277 g/mol. The van der Waals surface area contributed by atoms with Gasteiger partial charge in [-0.1, -0.05) is 19.4 Å². The number of unbranched alkanes of at least 4 members (excludes halogenated alkanes) is 1. The van der Waals surface area contributed by atoms with Crippen LogP contribution in [0.4, 0.5) is 0 Å². The molecule has 0 atom stereocenters. The molecule has 4 heteroatoms. The predicted octanol–water partition coefficient (Wildman–Crippen LogP) is 4.06. The number of rotatable bonds is 7. The van der Waals surface area contributed by atoms with Gasteiger partial charge in [-0.05, 0) is 23.9 Å². The fourth-order valence-electron chi connectivity index (χ4n) is 1.91. The van der Waals surface area contributed by atoms with E-state index >= 15 is 0 Å². The lowest BCUT2D eigenvalue weighted by Gasteiger charge is -2.21. The maximum atomic E-state index is 12.3. The molecule has 0 bridgehead atoms. The van der Waals surface area contributed by atoms with E-state index in [1.807, 2.05) is 22.4 Å². The molecule has 102 valence electrons. The SMILES string of the molecule is CCCCC(=O)N(Cc1ccoc1)Cc1cccs1. The molecule has 2 heterocycles. The first-order valence-corrected chi connectivity index (χ1v) is 7.48. The molecular weight excluding hydrogens is 258 g/mol. The van der Waals surface area contributed by atoms with Crippen LogP contribution in [0.5, 0.6) is 0 Å². The zero-order chi connectivity index (χ0) is 13.5. The molecule has 2 aromatic heterocycles. The molecule has 3 nitrogen and oxygen atoms in total. The quantitative estimate of drug-likeness (QED) is 0.764. The molecule has 0 aliphatic carbocycles. The van der Waals surface area contributed by atoms with E-state index in [0.717, 1.165) is 18.4 Å². The highest BCUT2D eigenvalue weighted by atomic mass is 32.1. The second kappa shape index (κ2) is 7.14. The van der Waals surface area contributed by atoms with Crippen LogP contribution in [-0.2, 0) is 17.9 Å². The molecule has 0 aromatic carbocycles. The van der Waals surface area contributed by atoms with Crippen LogP contribution >= 0.6 is 11.3 Å². The first-order chi connectivity index (χ1) is 9.29. The van der Waals surface area contributed by atoms with Crippen molar-refractivity contribution in [3.8, 4) is 0 Å². The number of furan rings is 1. The normalized spacial score (nSPS) is 10.6. The first kappa shape index (κ1) is 13.9. The van der Waals surface area contributed by atoms with Crippen molar-refractivity contribution in [3.05, 3.63) is 46.5 Å². The molecule has 0 unspecified atom stereocenters. The van der Waals surface area contributed by atoms with E-state index < -0.39 is 0 Å². The smallest absolute Gasteiger partial charge is 0.223 e. The minimum absolute atomic E-state index is 0.219. The van der Waals surface area contributed by atoms with Gasteiger partial charge in [-0.3, -0.25) is 4.79 Å². The molecule has 0 spiro atoms. The van der Waals surface area contributed by atoms with Crippen molar-refractivity contribution in [3.63, 3.8) is 0 Å². The Balaban J connectivity index is 2.01. The number of hydrogen-bond acceptors (Lipinski definition) is 3. The highest BCUT2D eigenvalue weighted by Gasteiger charge is 2.15. The number of carbonyl (C=O) groups is 1. The summed E-state index contributed by atoms with van der Waals surface area (Å²) in [6.07, 6.45) is 5.97. The maximum absolute atomic E-state index is 12.3. The van der Waals surface area contributed by atoms with Gasteiger partial charge in [-0.15, -0.1) is 11.3 Å². The predicted molar refractivity (Wildman–Crippen MR) is 76.8 cm³/mol. The summed E-state index contributed by atoms with van der Waals surface area (Å²) >= 11 is 1.69. The van der Waals surface area contributed by atoms with E-state index in [2.05, 4.69) is 13.0 Å². The van der Waals surface area contributed by atoms with Crippen molar-refractivity contribution >= 4 is 17.2 Å². The van der Waals surface area contributed by atoms with Crippen LogP contribution in [0.25, 0.3) is 0 Å². The average Bonchev–Trinajstić information content (AvgIpc) is 3.08. The molecule has 0 radical (unpaired) electrons. The molecule has 0 saturated heterocycles. The molecule has 0 fully saturated rings. The second-order valence-electron chi connectivity index (χ2n) is 4.56. The lowest BCUT2D eigenvalue weighted by molar-refractivity contribution is -0.132. The Morgan fingerprint density at radius 2 is 2.26 bits per heavy atom. The highest BCUT2D eigenvalue weighted by molar-refractivity contribution is 7.09. The first-order valence-electron chi connectivity index (χ1n) is 6.61. The van der Waals surface area contributed by atoms with Gasteiger partial charge in [0.15, 0.2) is 0 Å². The van der Waals surface area contributed by atoms with E-state index in [4.69, 9.17) is 4.42 Å². The van der Waals surface area contributed by atoms with E-state index in [9.17, 15) is 4.79 Å². The fraction of sp³-hybridized carbons (Fsp3) is 0.400. The summed E-state index contributed by atoms with van der Waals surface area (Å²) in [5.41, 5.74) is 1.04. The van der Waals surface area contributed by atoms with Crippen molar-refractivity contribution in [1.29, 1.82) is 0 Å². The third kappa shape index (κ3) is 4.24. The minimum atomic E-state index is 0.219. The van der Waals surface area contributed by atoms with Crippen LogP contribution in [-0.4, -0.2) is 10.8 Å². The monoisotopic (exact) mass is 277 g/mol. The summed E-state index contributed by atoms with van der Waals surface area (Å²) in [6.45, 7) is 3.41. The van der Waals surface area contributed by atoms with Gasteiger partial charge in [-0.25, -0.2) is 0 Å². The van der Waals surface area contributed by atoms with Crippen molar-refractivity contribution in [1.82, 2.24) is 4.90 Å². The van der Waals surface area contributed by atoms with Gasteiger partial charge >= 0.3 is 0 Å². The molecule has 19 heavy (non-hydrogen) atoms. The Hall–Kier alpha value is -1.55. The highest BCUT2D eigenvalue weighted by Crippen LogP contribution is 2.16. The van der Waals surface area contributed by atoms with Crippen molar-refractivity contribution < 1.29 is 9.21 Å². The van der Waals surface area contributed by atoms with Gasteiger partial charge in [0.1, 0.15) is 0 Å². The Morgan fingerprint density at radius 1 is 1.37 bits per heavy atom. The van der Waals surface area contributed by atoms with Gasteiger partial charge in [0.2, 0.25) is 5.91 Å². The molecular formula is C15H19NO2S. The van der Waals surface area contributed by atoms with Gasteiger partial charge in [0.05, 0.1) is 19.1 Å². The van der Waals surface area contributed by atoms with Crippen molar-refractivity contribution in [2.75, 3.05) is 0 Å². The zero-order valence-corrected chi connectivity index (χ0v) is 12.0. The minimum Gasteiger partial charge on any atom is -0.472 e. The third-order valence-corrected chi connectivity index (χ3v) is 3.84. The van der Waals surface area contributed by atoms with Crippen LogP contribution in [0.1, 0.15) is 36.6 Å². The molecule has 0 N–H and O–H groups in total. The lowest BCUT2D eigenvalue weighted by atomic mass is 10.2. The summed E-state index contributed by atoms with van der Waals surface area (Å²) in [6, 6.07) is 6.00. The van der Waals surface area contributed by atoms with Crippen molar-refractivity contribution in [2.24, 2.45) is 0 Å². The third-order valence-electron chi connectivity index (χ3n) is 2.98. The molecule has 0 saturated carbocycles. The number of amides is 1. The van der Waals surface area contributed by atoms with Crippen LogP contribution in [0, 0.1) is 0 Å². The van der Waals surface area contributed by atoms with Gasteiger partial charge in [0, 0.05) is 23.4 Å². The van der Waals surface area contributed by atoms with E-state index in [0.29, 0.717) is 19.5 Å². The number of thiophene rings is 1. The summed E-state index contributed by atoms with van der Waals surface area (Å²) in [7, 11) is 0. The van der Waals surface area contributed by atoms with Crippen LogP contribution in [0.3, 0.4) is 0 Å². The van der Waals surface area contributed by atoms with Gasteiger partial charge in [0.25, 0.3) is 0 Å². The Bertz CT molecular complexity index is 440. The Labute approximate surface area is 117 Å². The fourth-order valence-corrected chi connectivity index (χ4v) is 2.63. The largest absolute Gasteiger partial charge is 0.472 e. The Morgan fingerprint density at radius 3 is 2.89 bits per heavy atom. The number of hydrogen-bond donors (Lipinski definition) is 0. The molecule has 0 aliphatic heterocycles. The summed E-state index contributed by atoms with van der Waals surface area (Å²) in [5.74, 6) is 0.219. The van der Waals surface area contributed by atoms with Gasteiger partial charge < -0.3 is 9.32 Å². The summed E-state index contributed by atoms with van der Waals surface area (Å²) < 4.78 is 5.08. The second-order valence-corrected chi connectivity index (χ2v) is 5.60.